The molecule has 2 aromatic rings. The number of hydrogen-bond donors (Lipinski definition) is 2. The molecule has 0 atom stereocenters. The number of hydrogen-bond acceptors (Lipinski definition) is 5. The van der Waals surface area contributed by atoms with Crippen LogP contribution in [0.2, 0.25) is 0 Å². The van der Waals surface area contributed by atoms with Gasteiger partial charge in [0.25, 0.3) is 0 Å². The first-order valence-electron chi connectivity index (χ1n) is 5.49. The second kappa shape index (κ2) is 5.30. The first-order chi connectivity index (χ1) is 9.11. The number of phenolic OH excluding ortho intramolecular Hbond substituents is 2. The van der Waals surface area contributed by atoms with Crippen molar-refractivity contribution in [2.45, 2.75) is 0 Å². The molecule has 2 aromatic carbocycles. The summed E-state index contributed by atoms with van der Waals surface area (Å²) in [4.78, 5) is 11.9. The van der Waals surface area contributed by atoms with Crippen LogP contribution in [0.25, 0.3) is 0 Å². The number of carbonyl (C=O) groups is 1. The van der Waals surface area contributed by atoms with Crippen molar-refractivity contribution in [1.29, 1.82) is 0 Å². The van der Waals surface area contributed by atoms with Crippen molar-refractivity contribution < 1.29 is 24.5 Å². The van der Waals surface area contributed by atoms with E-state index in [9.17, 15) is 15.0 Å². The van der Waals surface area contributed by atoms with Crippen LogP contribution in [0.4, 0.5) is 0 Å². The van der Waals surface area contributed by atoms with Gasteiger partial charge in [-0.25, -0.2) is 4.79 Å². The molecule has 0 radical (unpaired) electrons. The second-order valence-electron chi connectivity index (χ2n) is 3.75. The minimum Gasteiger partial charge on any atom is -0.504 e. The lowest BCUT2D eigenvalue weighted by molar-refractivity contribution is 0.0724. The SMILES string of the molecule is COc1cccc(C(=O)Oc2c(O)cccc2O)c1. The maximum atomic E-state index is 11.9. The van der Waals surface area contributed by atoms with E-state index in [4.69, 9.17) is 9.47 Å². The van der Waals surface area contributed by atoms with Crippen LogP contribution >= 0.6 is 0 Å². The van der Waals surface area contributed by atoms with Crippen LogP contribution in [0, 0.1) is 0 Å². The number of carbonyl (C=O) groups excluding carboxylic acids is 1. The molecular weight excluding hydrogens is 248 g/mol. The molecule has 0 bridgehead atoms. The normalized spacial score (nSPS) is 9.95. The topological polar surface area (TPSA) is 76.0 Å². The minimum absolute atomic E-state index is 0.252. The molecule has 0 aliphatic rings. The summed E-state index contributed by atoms with van der Waals surface area (Å²) in [5.41, 5.74) is 0.252. The van der Waals surface area contributed by atoms with Crippen molar-refractivity contribution in [2.24, 2.45) is 0 Å². The summed E-state index contributed by atoms with van der Waals surface area (Å²) in [5.74, 6) is -1.07. The van der Waals surface area contributed by atoms with E-state index in [0.29, 0.717) is 5.75 Å². The summed E-state index contributed by atoms with van der Waals surface area (Å²) in [7, 11) is 1.49. The molecule has 0 amide bonds. The van der Waals surface area contributed by atoms with Gasteiger partial charge in [0.05, 0.1) is 12.7 Å². The van der Waals surface area contributed by atoms with Crippen molar-refractivity contribution in [3.05, 3.63) is 48.0 Å². The first kappa shape index (κ1) is 12.8. The second-order valence-corrected chi connectivity index (χ2v) is 3.75. The predicted octanol–water partition coefficient (Wildman–Crippen LogP) is 2.33. The summed E-state index contributed by atoms with van der Waals surface area (Å²) in [5, 5.41) is 19.1. The van der Waals surface area contributed by atoms with E-state index < -0.39 is 5.97 Å². The third-order valence-electron chi connectivity index (χ3n) is 2.47. The molecule has 19 heavy (non-hydrogen) atoms. The number of ether oxygens (including phenoxy) is 2. The summed E-state index contributed by atoms with van der Waals surface area (Å²) in [6, 6.07) is 10.4. The van der Waals surface area contributed by atoms with E-state index in [1.807, 2.05) is 0 Å². The van der Waals surface area contributed by atoms with E-state index in [1.165, 1.54) is 31.4 Å². The summed E-state index contributed by atoms with van der Waals surface area (Å²) < 4.78 is 9.96. The molecule has 5 nitrogen and oxygen atoms in total. The van der Waals surface area contributed by atoms with Crippen LogP contribution in [0.1, 0.15) is 10.4 Å². The van der Waals surface area contributed by atoms with E-state index >= 15 is 0 Å². The highest BCUT2D eigenvalue weighted by Crippen LogP contribution is 2.35. The average Bonchev–Trinajstić information content (AvgIpc) is 2.43. The van der Waals surface area contributed by atoms with E-state index in [-0.39, 0.29) is 22.8 Å². The van der Waals surface area contributed by atoms with Crippen molar-refractivity contribution in [3.8, 4) is 23.0 Å². The molecule has 0 saturated carbocycles. The Morgan fingerprint density at radius 1 is 1.05 bits per heavy atom. The molecule has 0 fully saturated rings. The zero-order valence-electron chi connectivity index (χ0n) is 10.2. The van der Waals surface area contributed by atoms with Gasteiger partial charge in [-0.1, -0.05) is 12.1 Å². The molecule has 0 aromatic heterocycles. The Morgan fingerprint density at radius 2 is 1.68 bits per heavy atom. The fraction of sp³-hybridized carbons (Fsp3) is 0.0714. The molecule has 0 aliphatic heterocycles. The Bertz CT molecular complexity index is 586. The fourth-order valence-corrected chi connectivity index (χ4v) is 1.52. The molecule has 5 heteroatoms. The average molecular weight is 260 g/mol. The number of aromatic hydroxyl groups is 2. The lowest BCUT2D eigenvalue weighted by atomic mass is 10.2. The van der Waals surface area contributed by atoms with Crippen LogP contribution in [-0.2, 0) is 0 Å². The number of esters is 1. The largest absolute Gasteiger partial charge is 0.504 e. The molecule has 0 saturated heterocycles. The lowest BCUT2D eigenvalue weighted by Crippen LogP contribution is -2.08. The highest BCUT2D eigenvalue weighted by molar-refractivity contribution is 5.92. The van der Waals surface area contributed by atoms with E-state index in [2.05, 4.69) is 0 Å². The van der Waals surface area contributed by atoms with E-state index in [0.717, 1.165) is 0 Å². The van der Waals surface area contributed by atoms with Crippen molar-refractivity contribution in [1.82, 2.24) is 0 Å². The quantitative estimate of drug-likeness (QED) is 0.654. The zero-order valence-corrected chi connectivity index (χ0v) is 10.2. The van der Waals surface area contributed by atoms with Crippen LogP contribution < -0.4 is 9.47 Å². The third kappa shape index (κ3) is 2.77. The number of rotatable bonds is 3. The maximum Gasteiger partial charge on any atom is 0.343 e. The van der Waals surface area contributed by atoms with Gasteiger partial charge in [-0.15, -0.1) is 0 Å². The Labute approximate surface area is 109 Å². The van der Waals surface area contributed by atoms with Gasteiger partial charge in [0.1, 0.15) is 5.75 Å². The Balaban J connectivity index is 2.25. The summed E-state index contributed by atoms with van der Waals surface area (Å²) in [6.45, 7) is 0. The highest BCUT2D eigenvalue weighted by Gasteiger charge is 2.15. The summed E-state index contributed by atoms with van der Waals surface area (Å²) in [6.07, 6.45) is 0. The number of phenols is 2. The van der Waals surface area contributed by atoms with Gasteiger partial charge in [0.2, 0.25) is 5.75 Å². The van der Waals surface area contributed by atoms with Crippen LogP contribution in [0.15, 0.2) is 42.5 Å². The van der Waals surface area contributed by atoms with Gasteiger partial charge in [0.15, 0.2) is 11.5 Å². The summed E-state index contributed by atoms with van der Waals surface area (Å²) >= 11 is 0. The third-order valence-corrected chi connectivity index (χ3v) is 2.47. The standard InChI is InChI=1S/C14H12O5/c1-18-10-5-2-4-9(8-10)14(17)19-13-11(15)6-3-7-12(13)16/h2-8,15-16H,1H3. The van der Waals surface area contributed by atoms with Gasteiger partial charge in [0, 0.05) is 0 Å². The highest BCUT2D eigenvalue weighted by atomic mass is 16.5. The molecule has 98 valence electrons. The molecular formula is C14H12O5. The van der Waals surface area contributed by atoms with Crippen LogP contribution in [-0.4, -0.2) is 23.3 Å². The maximum absolute atomic E-state index is 11.9. The Hall–Kier alpha value is -2.69. The van der Waals surface area contributed by atoms with Crippen molar-refractivity contribution in [2.75, 3.05) is 7.11 Å². The van der Waals surface area contributed by atoms with Gasteiger partial charge >= 0.3 is 5.97 Å². The van der Waals surface area contributed by atoms with E-state index in [1.54, 1.807) is 18.2 Å². The molecule has 2 N–H and O–H groups in total. The van der Waals surface area contributed by atoms with Gasteiger partial charge in [-0.05, 0) is 30.3 Å². The fourth-order valence-electron chi connectivity index (χ4n) is 1.52. The van der Waals surface area contributed by atoms with Gasteiger partial charge in [-0.2, -0.15) is 0 Å². The predicted molar refractivity (Wildman–Crippen MR) is 67.7 cm³/mol. The first-order valence-corrected chi connectivity index (χ1v) is 5.49. The number of benzene rings is 2. The molecule has 0 heterocycles. The Kier molecular flexibility index (Phi) is 3.56. The van der Waals surface area contributed by atoms with Crippen LogP contribution in [0.5, 0.6) is 23.0 Å². The molecule has 0 spiro atoms. The monoisotopic (exact) mass is 260 g/mol. The minimum atomic E-state index is -0.698. The number of para-hydroxylation sites is 1. The number of methoxy groups -OCH3 is 1. The van der Waals surface area contributed by atoms with Crippen molar-refractivity contribution in [3.63, 3.8) is 0 Å². The molecule has 0 unspecified atom stereocenters. The zero-order chi connectivity index (χ0) is 13.8. The van der Waals surface area contributed by atoms with Crippen molar-refractivity contribution >= 4 is 5.97 Å². The van der Waals surface area contributed by atoms with Crippen LogP contribution in [0.3, 0.4) is 0 Å². The smallest absolute Gasteiger partial charge is 0.343 e. The lowest BCUT2D eigenvalue weighted by Gasteiger charge is -2.08. The molecule has 0 aliphatic carbocycles. The van der Waals surface area contributed by atoms with Gasteiger partial charge in [-0.3, -0.25) is 0 Å². The Morgan fingerprint density at radius 3 is 2.32 bits per heavy atom. The molecule has 2 rings (SSSR count). The van der Waals surface area contributed by atoms with Gasteiger partial charge < -0.3 is 19.7 Å².